The number of carbonyl (C=O) groups excluding carboxylic acids is 1. The highest BCUT2D eigenvalue weighted by Crippen LogP contribution is 2.29. The normalized spacial score (nSPS) is 15.2. The number of hydrogen-bond acceptors (Lipinski definition) is 6. The monoisotopic (exact) mass is 464 g/mol. The smallest absolute Gasteiger partial charge is 0.391 e. The molecule has 33 heavy (non-hydrogen) atoms. The highest BCUT2D eigenvalue weighted by atomic mass is 19.4. The Morgan fingerprint density at radius 3 is 2.55 bits per heavy atom. The molecule has 2 heterocycles. The van der Waals surface area contributed by atoms with Crippen LogP contribution in [0.2, 0.25) is 0 Å². The fraction of sp³-hybridized carbons (Fsp3) is 0.435. The Morgan fingerprint density at radius 2 is 1.91 bits per heavy atom. The molecule has 0 bridgehead atoms. The van der Waals surface area contributed by atoms with E-state index in [1.165, 1.54) is 12.1 Å². The number of nitrogens with one attached hydrogen (secondary N) is 2. The maximum atomic E-state index is 12.6. The van der Waals surface area contributed by atoms with E-state index in [0.29, 0.717) is 29.6 Å². The first kappa shape index (κ1) is 24.5. The van der Waals surface area contributed by atoms with Gasteiger partial charge in [-0.1, -0.05) is 17.3 Å². The third-order valence-electron chi connectivity index (χ3n) is 5.25. The minimum absolute atomic E-state index is 0.0472. The fourth-order valence-corrected chi connectivity index (χ4v) is 3.20. The van der Waals surface area contributed by atoms with Crippen LogP contribution in [0, 0.1) is 5.92 Å². The average Bonchev–Trinajstić information content (AvgIpc) is 2.82. The van der Waals surface area contributed by atoms with Crippen LogP contribution in [0.3, 0.4) is 0 Å². The van der Waals surface area contributed by atoms with Crippen LogP contribution in [0.4, 0.5) is 19.0 Å². The van der Waals surface area contributed by atoms with E-state index in [4.69, 9.17) is 9.57 Å². The van der Waals surface area contributed by atoms with Crippen molar-refractivity contribution >= 4 is 17.4 Å². The topological polar surface area (TPSA) is 84.8 Å². The molecule has 1 fully saturated rings. The van der Waals surface area contributed by atoms with Crippen LogP contribution in [0.15, 0.2) is 47.8 Å². The lowest BCUT2D eigenvalue weighted by molar-refractivity contribution is -0.137. The van der Waals surface area contributed by atoms with Gasteiger partial charge in [0.15, 0.2) is 0 Å². The first-order chi connectivity index (χ1) is 15.8. The SMILES string of the molecule is C/C(=N\OCc1ccc(C(F)(F)F)cc1)c1ccc(NCC(=O)NCC2CCOCC2)nc1. The number of hydrogen-bond donors (Lipinski definition) is 2. The first-order valence-electron chi connectivity index (χ1n) is 10.7. The summed E-state index contributed by atoms with van der Waals surface area (Å²) < 4.78 is 43.1. The van der Waals surface area contributed by atoms with Crippen molar-refractivity contribution in [1.82, 2.24) is 10.3 Å². The predicted octanol–water partition coefficient (Wildman–Crippen LogP) is 4.00. The third-order valence-corrected chi connectivity index (χ3v) is 5.25. The number of amides is 1. The number of alkyl halides is 3. The van der Waals surface area contributed by atoms with Gasteiger partial charge in [0.1, 0.15) is 12.4 Å². The zero-order valence-electron chi connectivity index (χ0n) is 18.3. The Morgan fingerprint density at radius 1 is 1.18 bits per heavy atom. The molecule has 1 aliphatic heterocycles. The molecule has 2 aromatic rings. The molecule has 1 aliphatic rings. The molecule has 2 N–H and O–H groups in total. The van der Waals surface area contributed by atoms with Crippen molar-refractivity contribution in [2.24, 2.45) is 11.1 Å². The number of aromatic nitrogens is 1. The van der Waals surface area contributed by atoms with Crippen LogP contribution in [0.5, 0.6) is 0 Å². The zero-order valence-corrected chi connectivity index (χ0v) is 18.3. The Hall–Kier alpha value is -3.14. The second kappa shape index (κ2) is 11.6. The van der Waals surface area contributed by atoms with Crippen LogP contribution in [-0.4, -0.2) is 42.9 Å². The van der Waals surface area contributed by atoms with Gasteiger partial charge in [0.2, 0.25) is 5.91 Å². The predicted molar refractivity (Wildman–Crippen MR) is 118 cm³/mol. The van der Waals surface area contributed by atoms with Crippen LogP contribution in [-0.2, 0) is 27.2 Å². The number of rotatable bonds is 9. The van der Waals surface area contributed by atoms with Gasteiger partial charge in [0, 0.05) is 31.5 Å². The van der Waals surface area contributed by atoms with Gasteiger partial charge >= 0.3 is 6.18 Å². The maximum Gasteiger partial charge on any atom is 0.416 e. The van der Waals surface area contributed by atoms with Gasteiger partial charge in [0.05, 0.1) is 17.8 Å². The first-order valence-corrected chi connectivity index (χ1v) is 10.7. The number of benzene rings is 1. The van der Waals surface area contributed by atoms with E-state index in [0.717, 1.165) is 43.8 Å². The van der Waals surface area contributed by atoms with Gasteiger partial charge in [-0.25, -0.2) is 4.98 Å². The van der Waals surface area contributed by atoms with Gasteiger partial charge in [-0.3, -0.25) is 4.79 Å². The average molecular weight is 464 g/mol. The molecular weight excluding hydrogens is 437 g/mol. The Kier molecular flexibility index (Phi) is 8.65. The molecule has 0 unspecified atom stereocenters. The highest BCUT2D eigenvalue weighted by molar-refractivity contribution is 5.98. The molecule has 0 aliphatic carbocycles. The van der Waals surface area contributed by atoms with E-state index in [1.54, 1.807) is 25.3 Å². The summed E-state index contributed by atoms with van der Waals surface area (Å²) >= 11 is 0. The second-order valence-electron chi connectivity index (χ2n) is 7.79. The van der Waals surface area contributed by atoms with Crippen LogP contribution < -0.4 is 10.6 Å². The molecule has 0 atom stereocenters. The van der Waals surface area contributed by atoms with Crippen molar-refractivity contribution in [3.8, 4) is 0 Å². The van der Waals surface area contributed by atoms with Crippen LogP contribution in [0.25, 0.3) is 0 Å². The maximum absolute atomic E-state index is 12.6. The molecule has 0 saturated carbocycles. The van der Waals surface area contributed by atoms with Gasteiger partial charge in [-0.05, 0) is 55.5 Å². The lowest BCUT2D eigenvalue weighted by atomic mass is 10.0. The number of ether oxygens (including phenoxy) is 1. The van der Waals surface area contributed by atoms with Crippen molar-refractivity contribution in [3.05, 3.63) is 59.3 Å². The summed E-state index contributed by atoms with van der Waals surface area (Å²) in [5.41, 5.74) is 1.15. The Bertz CT molecular complexity index is 925. The summed E-state index contributed by atoms with van der Waals surface area (Å²) in [6, 6.07) is 8.25. The number of nitrogens with zero attached hydrogens (tertiary/aromatic N) is 2. The minimum Gasteiger partial charge on any atom is -0.391 e. The summed E-state index contributed by atoms with van der Waals surface area (Å²) in [6.45, 7) is 4.05. The molecule has 1 amide bonds. The summed E-state index contributed by atoms with van der Waals surface area (Å²) in [7, 11) is 0. The molecular formula is C23H27F3N4O3. The number of anilines is 1. The van der Waals surface area contributed by atoms with Crippen molar-refractivity contribution in [2.45, 2.75) is 32.5 Å². The van der Waals surface area contributed by atoms with Gasteiger partial charge in [0.25, 0.3) is 0 Å². The molecule has 7 nitrogen and oxygen atoms in total. The largest absolute Gasteiger partial charge is 0.416 e. The zero-order chi connectivity index (χ0) is 23.7. The summed E-state index contributed by atoms with van der Waals surface area (Å²) in [5, 5.41) is 9.90. The van der Waals surface area contributed by atoms with Crippen LogP contribution in [0.1, 0.15) is 36.5 Å². The number of pyridine rings is 1. The molecule has 0 spiro atoms. The van der Waals surface area contributed by atoms with Crippen molar-refractivity contribution < 1.29 is 27.5 Å². The molecule has 1 aromatic heterocycles. The lowest BCUT2D eigenvalue weighted by Gasteiger charge is -2.22. The number of oxime groups is 1. The van der Waals surface area contributed by atoms with E-state index >= 15 is 0 Å². The number of halogens is 3. The second-order valence-corrected chi connectivity index (χ2v) is 7.79. The van der Waals surface area contributed by atoms with E-state index < -0.39 is 11.7 Å². The molecule has 1 aromatic carbocycles. The van der Waals surface area contributed by atoms with Crippen molar-refractivity contribution in [1.29, 1.82) is 0 Å². The van der Waals surface area contributed by atoms with E-state index in [1.807, 2.05) is 0 Å². The van der Waals surface area contributed by atoms with Crippen molar-refractivity contribution in [3.63, 3.8) is 0 Å². The third kappa shape index (κ3) is 8.05. The standard InChI is InChI=1S/C23H27F3N4O3/c1-16(30-33-15-18-2-5-20(6-3-18)23(24,25)26)19-4-7-21(27-13-19)28-14-22(31)29-12-17-8-10-32-11-9-17/h2-7,13,17H,8-12,14-15H2,1H3,(H,27,28)(H,29,31)/b30-16+. The van der Waals surface area contributed by atoms with E-state index in [-0.39, 0.29) is 19.1 Å². The van der Waals surface area contributed by atoms with Crippen molar-refractivity contribution in [2.75, 3.05) is 31.6 Å². The Balaban J connectivity index is 1.41. The fourth-order valence-electron chi connectivity index (χ4n) is 3.20. The molecule has 1 saturated heterocycles. The lowest BCUT2D eigenvalue weighted by Crippen LogP contribution is -2.35. The van der Waals surface area contributed by atoms with Gasteiger partial charge < -0.3 is 20.2 Å². The van der Waals surface area contributed by atoms with E-state index in [9.17, 15) is 18.0 Å². The molecule has 10 heteroatoms. The Labute approximate surface area is 190 Å². The summed E-state index contributed by atoms with van der Waals surface area (Å²) in [6.07, 6.45) is -0.837. The molecule has 0 radical (unpaired) electrons. The number of carbonyl (C=O) groups is 1. The van der Waals surface area contributed by atoms with Crippen LogP contribution >= 0.6 is 0 Å². The molecule has 178 valence electrons. The van der Waals surface area contributed by atoms with Gasteiger partial charge in [-0.15, -0.1) is 0 Å². The summed E-state index contributed by atoms with van der Waals surface area (Å²) in [4.78, 5) is 21.5. The molecule has 3 rings (SSSR count). The van der Waals surface area contributed by atoms with Gasteiger partial charge in [-0.2, -0.15) is 13.2 Å². The van der Waals surface area contributed by atoms with E-state index in [2.05, 4.69) is 20.8 Å². The highest BCUT2D eigenvalue weighted by Gasteiger charge is 2.29. The summed E-state index contributed by atoms with van der Waals surface area (Å²) in [5.74, 6) is 0.920. The minimum atomic E-state index is -4.36. The quantitative estimate of drug-likeness (QED) is 0.433.